The molecule has 1 fully saturated rings. The first-order chi connectivity index (χ1) is 13.9. The van der Waals surface area contributed by atoms with Crippen molar-refractivity contribution in [1.82, 2.24) is 14.2 Å². The van der Waals surface area contributed by atoms with Crippen molar-refractivity contribution in [1.29, 1.82) is 0 Å². The van der Waals surface area contributed by atoms with Gasteiger partial charge in [-0.25, -0.2) is 13.4 Å². The summed E-state index contributed by atoms with van der Waals surface area (Å²) in [6, 6.07) is 9.82. The number of aromatic nitrogens is 1. The summed E-state index contributed by atoms with van der Waals surface area (Å²) in [5.41, 5.74) is 0.645. The molecule has 29 heavy (non-hydrogen) atoms. The first kappa shape index (κ1) is 19.8. The molecule has 0 radical (unpaired) electrons. The van der Waals surface area contributed by atoms with Crippen LogP contribution in [0.1, 0.15) is 10.5 Å². The molecule has 3 heterocycles. The summed E-state index contributed by atoms with van der Waals surface area (Å²) >= 11 is 1.30. The van der Waals surface area contributed by atoms with Crippen LogP contribution in [0.5, 0.6) is 0 Å². The maximum atomic E-state index is 12.9. The van der Waals surface area contributed by atoms with E-state index in [1.54, 1.807) is 42.0 Å². The molecule has 4 rings (SSSR count). The molecule has 3 aromatic rings. The highest BCUT2D eigenvalue weighted by Gasteiger charge is 2.27. The molecule has 0 unspecified atom stereocenters. The van der Waals surface area contributed by atoms with Crippen LogP contribution >= 0.6 is 11.3 Å². The van der Waals surface area contributed by atoms with Gasteiger partial charge in [-0.1, -0.05) is 6.07 Å². The summed E-state index contributed by atoms with van der Waals surface area (Å²) in [6.07, 6.45) is 1.54. The number of sulfonamides is 1. The number of nitrogens with zero attached hydrogens (tertiary/aromatic N) is 3. The zero-order valence-corrected chi connectivity index (χ0v) is 17.4. The van der Waals surface area contributed by atoms with E-state index in [4.69, 9.17) is 4.42 Å². The number of nitrogens with one attached hydrogen (secondary N) is 1. The summed E-state index contributed by atoms with van der Waals surface area (Å²) in [4.78, 5) is 19.1. The minimum Gasteiger partial charge on any atom is -0.462 e. The monoisotopic (exact) mass is 432 g/mol. The van der Waals surface area contributed by atoms with Gasteiger partial charge in [0.25, 0.3) is 5.91 Å². The van der Waals surface area contributed by atoms with E-state index in [9.17, 15) is 13.2 Å². The highest BCUT2D eigenvalue weighted by atomic mass is 32.2. The maximum Gasteiger partial charge on any atom is 0.275 e. The third-order valence-corrected chi connectivity index (χ3v) is 7.41. The molecule has 152 valence electrons. The molecule has 0 aliphatic carbocycles. The van der Waals surface area contributed by atoms with Gasteiger partial charge < -0.3 is 14.6 Å². The normalized spacial score (nSPS) is 16.0. The summed E-state index contributed by atoms with van der Waals surface area (Å²) < 4.78 is 32.6. The second-order valence-electron chi connectivity index (χ2n) is 6.70. The number of likely N-dealkylation sites (N-methyl/N-ethyl adjacent to an activating group) is 1. The number of thiazole rings is 1. The van der Waals surface area contributed by atoms with Crippen LogP contribution in [-0.4, -0.2) is 61.7 Å². The summed E-state index contributed by atoms with van der Waals surface area (Å²) in [5.74, 6) is 0.183. The van der Waals surface area contributed by atoms with Gasteiger partial charge in [0.05, 0.1) is 11.2 Å². The van der Waals surface area contributed by atoms with Crippen LogP contribution in [0.15, 0.2) is 57.4 Å². The Balaban J connectivity index is 1.49. The van der Waals surface area contributed by atoms with Gasteiger partial charge in [-0.15, -0.1) is 11.3 Å². The predicted octanol–water partition coefficient (Wildman–Crippen LogP) is 2.59. The molecule has 8 nitrogen and oxygen atoms in total. The number of piperazine rings is 1. The van der Waals surface area contributed by atoms with Crippen molar-refractivity contribution < 1.29 is 17.6 Å². The minimum atomic E-state index is -3.60. The van der Waals surface area contributed by atoms with E-state index >= 15 is 0 Å². The summed E-state index contributed by atoms with van der Waals surface area (Å²) in [5, 5.41) is 4.96. The Bertz CT molecular complexity index is 1100. The lowest BCUT2D eigenvalue weighted by Gasteiger charge is -2.31. The van der Waals surface area contributed by atoms with Crippen LogP contribution in [-0.2, 0) is 10.0 Å². The number of benzene rings is 1. The first-order valence-electron chi connectivity index (χ1n) is 9.03. The second kappa shape index (κ2) is 8.07. The molecule has 10 heteroatoms. The number of anilines is 1. The van der Waals surface area contributed by atoms with Gasteiger partial charge >= 0.3 is 0 Å². The molecule has 1 N–H and O–H groups in total. The predicted molar refractivity (Wildman–Crippen MR) is 110 cm³/mol. The zero-order valence-electron chi connectivity index (χ0n) is 15.7. The smallest absolute Gasteiger partial charge is 0.275 e. The van der Waals surface area contributed by atoms with Gasteiger partial charge in [0.1, 0.15) is 5.69 Å². The average Bonchev–Trinajstić information content (AvgIpc) is 3.40. The van der Waals surface area contributed by atoms with Crippen molar-refractivity contribution in [3.05, 3.63) is 53.7 Å². The fraction of sp³-hybridized carbons (Fsp3) is 0.263. The molecular formula is C19H20N4O4S2. The number of rotatable bonds is 5. The van der Waals surface area contributed by atoms with Crippen molar-refractivity contribution in [2.75, 3.05) is 38.5 Å². The molecule has 1 saturated heterocycles. The van der Waals surface area contributed by atoms with E-state index < -0.39 is 15.9 Å². The Kier molecular flexibility index (Phi) is 5.50. The minimum absolute atomic E-state index is 0.161. The van der Waals surface area contributed by atoms with Gasteiger partial charge in [-0.2, -0.15) is 4.31 Å². The lowest BCUT2D eigenvalue weighted by molar-refractivity contribution is 0.102. The quantitative estimate of drug-likeness (QED) is 0.666. The van der Waals surface area contributed by atoms with Crippen molar-refractivity contribution in [2.45, 2.75) is 4.90 Å². The van der Waals surface area contributed by atoms with E-state index in [0.717, 1.165) is 0 Å². The number of hydrogen-bond donors (Lipinski definition) is 1. The molecule has 0 saturated carbocycles. The van der Waals surface area contributed by atoms with Crippen LogP contribution in [0.3, 0.4) is 0 Å². The lowest BCUT2D eigenvalue weighted by atomic mass is 10.3. The van der Waals surface area contributed by atoms with Crippen LogP contribution in [0.2, 0.25) is 0 Å². The van der Waals surface area contributed by atoms with Gasteiger partial charge in [-0.3, -0.25) is 4.79 Å². The lowest BCUT2D eigenvalue weighted by Crippen LogP contribution is -2.47. The topological polar surface area (TPSA) is 95.8 Å². The highest BCUT2D eigenvalue weighted by molar-refractivity contribution is 7.89. The number of carbonyl (C=O) groups excluding carboxylic acids is 1. The average molecular weight is 433 g/mol. The second-order valence-corrected chi connectivity index (χ2v) is 9.50. The van der Waals surface area contributed by atoms with Gasteiger partial charge in [0, 0.05) is 37.2 Å². The van der Waals surface area contributed by atoms with Crippen LogP contribution < -0.4 is 5.32 Å². The summed E-state index contributed by atoms with van der Waals surface area (Å²) in [7, 11) is -1.64. The SMILES string of the molecule is CN1CCN(S(=O)(=O)c2cccc(NC(=O)c3csc(-c4ccco4)n3)c2)CC1. The molecule has 0 bridgehead atoms. The number of furan rings is 1. The molecule has 2 aromatic heterocycles. The largest absolute Gasteiger partial charge is 0.462 e. The summed E-state index contributed by atoms with van der Waals surface area (Å²) in [6.45, 7) is 2.28. The molecular weight excluding hydrogens is 412 g/mol. The number of amides is 1. The number of carbonyl (C=O) groups is 1. The number of hydrogen-bond acceptors (Lipinski definition) is 7. The first-order valence-corrected chi connectivity index (χ1v) is 11.3. The third kappa shape index (κ3) is 4.25. The maximum absolute atomic E-state index is 12.9. The molecule has 0 atom stereocenters. The Morgan fingerprint density at radius 1 is 1.17 bits per heavy atom. The van der Waals surface area contributed by atoms with Crippen molar-refractivity contribution >= 4 is 33.0 Å². The van der Waals surface area contributed by atoms with E-state index in [1.165, 1.54) is 21.7 Å². The fourth-order valence-corrected chi connectivity index (χ4v) is 5.23. The molecule has 1 aliphatic rings. The molecule has 0 spiro atoms. The Morgan fingerprint density at radius 2 is 1.97 bits per heavy atom. The van der Waals surface area contributed by atoms with E-state index in [2.05, 4.69) is 15.2 Å². The van der Waals surface area contributed by atoms with Gasteiger partial charge in [0.2, 0.25) is 10.0 Å². The Labute approximate surface area is 172 Å². The molecule has 1 amide bonds. The van der Waals surface area contributed by atoms with Crippen molar-refractivity contribution in [3.8, 4) is 10.8 Å². The van der Waals surface area contributed by atoms with Crippen LogP contribution in [0.25, 0.3) is 10.8 Å². The Hall–Kier alpha value is -2.53. The van der Waals surface area contributed by atoms with Gasteiger partial charge in [-0.05, 0) is 37.4 Å². The molecule has 1 aromatic carbocycles. The van der Waals surface area contributed by atoms with Gasteiger partial charge in [0.15, 0.2) is 10.8 Å². The van der Waals surface area contributed by atoms with Crippen molar-refractivity contribution in [2.24, 2.45) is 0 Å². The highest BCUT2D eigenvalue weighted by Crippen LogP contribution is 2.25. The Morgan fingerprint density at radius 3 is 2.69 bits per heavy atom. The van der Waals surface area contributed by atoms with Crippen LogP contribution in [0.4, 0.5) is 5.69 Å². The van der Waals surface area contributed by atoms with E-state index in [-0.39, 0.29) is 10.6 Å². The standard InChI is InChI=1S/C19H20N4O4S2/c1-22-7-9-23(10-8-22)29(25,26)15-5-2-4-14(12-15)20-18(24)16-13-28-19(21-16)17-6-3-11-27-17/h2-6,11-13H,7-10H2,1H3,(H,20,24). The molecule has 1 aliphatic heterocycles. The zero-order chi connectivity index (χ0) is 20.4. The fourth-order valence-electron chi connectivity index (χ4n) is 3.00. The van der Waals surface area contributed by atoms with E-state index in [1.807, 2.05) is 7.05 Å². The third-order valence-electron chi connectivity index (χ3n) is 4.66. The van der Waals surface area contributed by atoms with E-state index in [0.29, 0.717) is 42.6 Å². The van der Waals surface area contributed by atoms with Crippen molar-refractivity contribution in [3.63, 3.8) is 0 Å². The van der Waals surface area contributed by atoms with Crippen LogP contribution in [0, 0.1) is 0 Å².